The van der Waals surface area contributed by atoms with Crippen LogP contribution in [0.15, 0.2) is 24.5 Å². The normalized spacial score (nSPS) is 11.9. The summed E-state index contributed by atoms with van der Waals surface area (Å²) in [6.07, 6.45) is 2.99. The molecule has 1 N–H and O–H groups in total. The lowest BCUT2D eigenvalue weighted by molar-refractivity contribution is -0.144. The van der Waals surface area contributed by atoms with E-state index >= 15 is 0 Å². The van der Waals surface area contributed by atoms with Gasteiger partial charge in [-0.2, -0.15) is 0 Å². The maximum absolute atomic E-state index is 11.9. The summed E-state index contributed by atoms with van der Waals surface area (Å²) >= 11 is 0. The van der Waals surface area contributed by atoms with E-state index in [1.165, 1.54) is 13.2 Å². The van der Waals surface area contributed by atoms with Crippen LogP contribution in [0, 0.1) is 0 Å². The summed E-state index contributed by atoms with van der Waals surface area (Å²) < 4.78 is 4.79. The van der Waals surface area contributed by atoms with Gasteiger partial charge in [-0.15, -0.1) is 0 Å². The Morgan fingerprint density at radius 3 is 2.81 bits per heavy atom. The molecular formula is C11H14N2O3. The first-order valence-electron chi connectivity index (χ1n) is 4.98. The zero-order chi connectivity index (χ0) is 12.0. The van der Waals surface area contributed by atoms with Crippen LogP contribution in [0.4, 0.5) is 0 Å². The summed E-state index contributed by atoms with van der Waals surface area (Å²) in [5.41, 5.74) is 0.384. The second kappa shape index (κ2) is 5.97. The Hall–Kier alpha value is -1.75. The Bertz CT molecular complexity index is 365. The number of aromatic nitrogens is 1. The Morgan fingerprint density at radius 2 is 2.31 bits per heavy atom. The lowest BCUT2D eigenvalue weighted by atomic mass is 10.1. The first-order chi connectivity index (χ1) is 7.70. The summed E-state index contributed by atoms with van der Waals surface area (Å²) in [5, 5.41) is 2.63. The van der Waals surface area contributed by atoms with Crippen LogP contribution in [0.1, 0.15) is 17.3 Å². The summed E-state index contributed by atoms with van der Waals surface area (Å²) in [7, 11) is 1.54. The fraction of sp³-hybridized carbons (Fsp3) is 0.364. The molecule has 0 aromatic carbocycles. The molecule has 0 aliphatic carbocycles. The van der Waals surface area contributed by atoms with Crippen molar-refractivity contribution in [2.75, 3.05) is 13.7 Å². The highest BCUT2D eigenvalue weighted by atomic mass is 16.5. The van der Waals surface area contributed by atoms with Gasteiger partial charge in [0, 0.05) is 18.0 Å². The molecule has 0 radical (unpaired) electrons. The van der Waals surface area contributed by atoms with Crippen LogP contribution in [0.2, 0.25) is 0 Å². The third-order valence-corrected chi connectivity index (χ3v) is 2.02. The fourth-order valence-corrected chi connectivity index (χ4v) is 1.26. The molecule has 1 aromatic heterocycles. The van der Waals surface area contributed by atoms with Crippen molar-refractivity contribution in [3.05, 3.63) is 30.1 Å². The summed E-state index contributed by atoms with van der Waals surface area (Å²) in [4.78, 5) is 27.2. The molecular weight excluding hydrogens is 208 g/mol. The molecule has 5 nitrogen and oxygen atoms in total. The number of hydrogen-bond donors (Lipinski definition) is 1. The highest BCUT2D eigenvalue weighted by Gasteiger charge is 2.27. The van der Waals surface area contributed by atoms with Gasteiger partial charge in [0.1, 0.15) is 0 Å². The van der Waals surface area contributed by atoms with Gasteiger partial charge in [0.15, 0.2) is 11.8 Å². The smallest absolute Gasteiger partial charge is 0.331 e. The number of nitrogens with one attached hydrogen (secondary N) is 1. The summed E-state index contributed by atoms with van der Waals surface area (Å²) in [6.45, 7) is 1.94. The highest BCUT2D eigenvalue weighted by molar-refractivity contribution is 6.11. The number of ketones is 1. The minimum atomic E-state index is -0.968. The SMILES string of the molecule is CCOC(=O)C(NC)C(=O)c1cccnc1. The number of ether oxygens (including phenoxy) is 1. The van der Waals surface area contributed by atoms with Gasteiger partial charge < -0.3 is 10.1 Å². The van der Waals surface area contributed by atoms with E-state index in [1.807, 2.05) is 0 Å². The van der Waals surface area contributed by atoms with Crippen molar-refractivity contribution in [3.8, 4) is 0 Å². The Labute approximate surface area is 93.8 Å². The van der Waals surface area contributed by atoms with Crippen LogP contribution in [-0.4, -0.2) is 36.4 Å². The zero-order valence-electron chi connectivity index (χ0n) is 9.27. The number of carbonyl (C=O) groups excluding carboxylic acids is 2. The number of Topliss-reactive ketones (excluding diaryl/α,β-unsaturated/α-hetero) is 1. The number of pyridine rings is 1. The molecule has 0 fully saturated rings. The van der Waals surface area contributed by atoms with Crippen LogP contribution in [0.5, 0.6) is 0 Å². The van der Waals surface area contributed by atoms with Crippen molar-refractivity contribution in [3.63, 3.8) is 0 Å². The second-order valence-electron chi connectivity index (χ2n) is 3.08. The minimum absolute atomic E-state index is 0.247. The predicted molar refractivity (Wildman–Crippen MR) is 58.0 cm³/mol. The van der Waals surface area contributed by atoms with Gasteiger partial charge in [-0.3, -0.25) is 9.78 Å². The van der Waals surface area contributed by atoms with Crippen molar-refractivity contribution >= 4 is 11.8 Å². The Kier molecular flexibility index (Phi) is 4.60. The first kappa shape index (κ1) is 12.3. The van der Waals surface area contributed by atoms with E-state index in [-0.39, 0.29) is 12.4 Å². The zero-order valence-corrected chi connectivity index (χ0v) is 9.27. The molecule has 0 saturated carbocycles. The molecule has 0 spiro atoms. The fourth-order valence-electron chi connectivity index (χ4n) is 1.26. The van der Waals surface area contributed by atoms with Crippen molar-refractivity contribution < 1.29 is 14.3 Å². The monoisotopic (exact) mass is 222 g/mol. The van der Waals surface area contributed by atoms with E-state index in [2.05, 4.69) is 10.3 Å². The molecule has 0 saturated heterocycles. The second-order valence-corrected chi connectivity index (χ2v) is 3.08. The average Bonchev–Trinajstić information content (AvgIpc) is 2.31. The van der Waals surface area contributed by atoms with E-state index < -0.39 is 12.0 Å². The molecule has 1 aromatic rings. The molecule has 1 atom stereocenters. The Balaban J connectivity index is 2.82. The predicted octanol–water partition coefficient (Wildman–Crippen LogP) is 0.415. The van der Waals surface area contributed by atoms with E-state index in [9.17, 15) is 9.59 Å². The number of likely N-dealkylation sites (N-methyl/N-ethyl adjacent to an activating group) is 1. The third-order valence-electron chi connectivity index (χ3n) is 2.02. The van der Waals surface area contributed by atoms with Crippen molar-refractivity contribution in [2.45, 2.75) is 13.0 Å². The van der Waals surface area contributed by atoms with Gasteiger partial charge in [-0.05, 0) is 26.1 Å². The molecule has 1 unspecified atom stereocenters. The van der Waals surface area contributed by atoms with E-state index in [0.29, 0.717) is 5.56 Å². The summed E-state index contributed by atoms with van der Waals surface area (Å²) in [6, 6.07) is 2.29. The number of carbonyl (C=O) groups is 2. The standard InChI is InChI=1S/C11H14N2O3/c1-3-16-11(15)9(12-2)10(14)8-5-4-6-13-7-8/h4-7,9,12H,3H2,1-2H3. The number of rotatable bonds is 5. The molecule has 16 heavy (non-hydrogen) atoms. The lowest BCUT2D eigenvalue weighted by Crippen LogP contribution is -2.42. The number of nitrogens with zero attached hydrogens (tertiary/aromatic N) is 1. The van der Waals surface area contributed by atoms with Gasteiger partial charge in [-0.25, -0.2) is 4.79 Å². The largest absolute Gasteiger partial charge is 0.464 e. The molecule has 1 rings (SSSR count). The third kappa shape index (κ3) is 2.87. The van der Waals surface area contributed by atoms with Gasteiger partial charge in [0.2, 0.25) is 0 Å². The molecule has 86 valence electrons. The van der Waals surface area contributed by atoms with Crippen LogP contribution < -0.4 is 5.32 Å². The molecule has 1 heterocycles. The first-order valence-corrected chi connectivity index (χ1v) is 4.98. The van der Waals surface area contributed by atoms with E-state index in [1.54, 1.807) is 25.3 Å². The average molecular weight is 222 g/mol. The maximum Gasteiger partial charge on any atom is 0.331 e. The topological polar surface area (TPSA) is 68.3 Å². The van der Waals surface area contributed by atoms with Crippen LogP contribution in [0.25, 0.3) is 0 Å². The van der Waals surface area contributed by atoms with Gasteiger partial charge in [0.05, 0.1) is 6.61 Å². The molecule has 0 aliphatic rings. The Morgan fingerprint density at radius 1 is 1.56 bits per heavy atom. The molecule has 5 heteroatoms. The molecule has 0 amide bonds. The summed E-state index contributed by atoms with van der Waals surface area (Å²) in [5.74, 6) is -0.909. The molecule has 0 bridgehead atoms. The van der Waals surface area contributed by atoms with Gasteiger partial charge >= 0.3 is 5.97 Å². The lowest BCUT2D eigenvalue weighted by Gasteiger charge is -2.12. The van der Waals surface area contributed by atoms with Crippen LogP contribution in [0.3, 0.4) is 0 Å². The quantitative estimate of drug-likeness (QED) is 0.444. The van der Waals surface area contributed by atoms with Crippen LogP contribution >= 0.6 is 0 Å². The van der Waals surface area contributed by atoms with E-state index in [4.69, 9.17) is 4.74 Å². The molecule has 0 aliphatic heterocycles. The van der Waals surface area contributed by atoms with Gasteiger partial charge in [0.25, 0.3) is 0 Å². The number of esters is 1. The van der Waals surface area contributed by atoms with Crippen molar-refractivity contribution in [1.29, 1.82) is 0 Å². The number of hydrogen-bond acceptors (Lipinski definition) is 5. The van der Waals surface area contributed by atoms with E-state index in [0.717, 1.165) is 0 Å². The highest BCUT2D eigenvalue weighted by Crippen LogP contribution is 2.03. The van der Waals surface area contributed by atoms with Crippen LogP contribution in [-0.2, 0) is 9.53 Å². The minimum Gasteiger partial charge on any atom is -0.464 e. The van der Waals surface area contributed by atoms with Crippen molar-refractivity contribution in [1.82, 2.24) is 10.3 Å². The maximum atomic E-state index is 11.9. The van der Waals surface area contributed by atoms with Gasteiger partial charge in [-0.1, -0.05) is 0 Å². The van der Waals surface area contributed by atoms with Crippen molar-refractivity contribution in [2.24, 2.45) is 0 Å².